The van der Waals surface area contributed by atoms with Crippen LogP contribution in [0.15, 0.2) is 36.5 Å². The summed E-state index contributed by atoms with van der Waals surface area (Å²) in [5.41, 5.74) is 0.0390. The predicted molar refractivity (Wildman–Crippen MR) is 91.0 cm³/mol. The van der Waals surface area contributed by atoms with Crippen LogP contribution in [0.5, 0.6) is 0 Å². The van der Waals surface area contributed by atoms with Crippen molar-refractivity contribution >= 4 is 23.5 Å². The van der Waals surface area contributed by atoms with E-state index in [4.69, 9.17) is 0 Å². The Morgan fingerprint density at radius 3 is 2.41 bits per heavy atom. The van der Waals surface area contributed by atoms with Gasteiger partial charge in [0.05, 0.1) is 6.54 Å². The number of alkyl halides is 2. The van der Waals surface area contributed by atoms with Gasteiger partial charge in [-0.1, -0.05) is 12.1 Å². The van der Waals surface area contributed by atoms with Crippen LogP contribution in [0.4, 0.5) is 19.3 Å². The topological polar surface area (TPSA) is 96.3 Å². The number of nitrogens with zero attached hydrogens (tertiary/aromatic N) is 3. The molecular weight excluding hydrogens is 360 g/mol. The van der Waals surface area contributed by atoms with Gasteiger partial charge in [0.2, 0.25) is 0 Å². The Morgan fingerprint density at radius 2 is 1.89 bits per heavy atom. The van der Waals surface area contributed by atoms with Gasteiger partial charge < -0.3 is 10.6 Å². The van der Waals surface area contributed by atoms with Gasteiger partial charge in [-0.25, -0.2) is 9.48 Å². The average Bonchev–Trinajstić information content (AvgIpc) is 3.16. The van der Waals surface area contributed by atoms with E-state index >= 15 is 0 Å². The Labute approximate surface area is 153 Å². The molecule has 0 aliphatic carbocycles. The molecule has 10 heteroatoms. The van der Waals surface area contributed by atoms with Gasteiger partial charge in [0, 0.05) is 11.9 Å². The van der Waals surface area contributed by atoms with Gasteiger partial charge in [-0.05, 0) is 37.6 Å². The highest BCUT2D eigenvalue weighted by Gasteiger charge is 2.43. The maximum atomic E-state index is 12.5. The van der Waals surface area contributed by atoms with E-state index < -0.39 is 24.0 Å². The number of amides is 4. The third-order valence-corrected chi connectivity index (χ3v) is 4.04. The summed E-state index contributed by atoms with van der Waals surface area (Å²) in [5, 5.41) is 8.63. The molecule has 3 rings (SSSR count). The quantitative estimate of drug-likeness (QED) is 0.782. The lowest BCUT2D eigenvalue weighted by Crippen LogP contribution is -2.40. The van der Waals surface area contributed by atoms with Crippen LogP contribution in [0.3, 0.4) is 0 Å². The fourth-order valence-electron chi connectivity index (χ4n) is 2.60. The molecule has 2 aromatic rings. The molecule has 1 aliphatic heterocycles. The summed E-state index contributed by atoms with van der Waals surface area (Å²) < 4.78 is 25.4. The smallest absolute Gasteiger partial charge is 0.324 e. The van der Waals surface area contributed by atoms with E-state index in [0.717, 1.165) is 11.1 Å². The van der Waals surface area contributed by atoms with Crippen LogP contribution in [0.2, 0.25) is 0 Å². The van der Waals surface area contributed by atoms with E-state index in [9.17, 15) is 23.2 Å². The van der Waals surface area contributed by atoms with Crippen molar-refractivity contribution in [3.63, 3.8) is 0 Å². The van der Waals surface area contributed by atoms with Gasteiger partial charge >= 0.3 is 12.6 Å². The minimum atomic E-state index is -2.82. The second kappa shape index (κ2) is 6.78. The standard InChI is InChI=1S/C17H17F2N5O3/c1-17(2)14(26)23(16(27)21-17)9-10-3-5-11(6-4-10)20-13(25)12-7-8-24(22-12)15(18)19/h3-8,15H,9H2,1-2H3,(H,20,25)(H,21,27). The van der Waals surface area contributed by atoms with Crippen molar-refractivity contribution in [3.05, 3.63) is 47.8 Å². The molecule has 1 aromatic heterocycles. The number of halogens is 2. The third-order valence-electron chi connectivity index (χ3n) is 4.04. The van der Waals surface area contributed by atoms with Gasteiger partial charge in [0.25, 0.3) is 11.8 Å². The van der Waals surface area contributed by atoms with Crippen molar-refractivity contribution in [3.8, 4) is 0 Å². The van der Waals surface area contributed by atoms with Crippen LogP contribution in [-0.4, -0.2) is 38.1 Å². The first-order chi connectivity index (χ1) is 12.7. The third kappa shape index (κ3) is 3.78. The van der Waals surface area contributed by atoms with E-state index in [2.05, 4.69) is 15.7 Å². The highest BCUT2D eigenvalue weighted by molar-refractivity contribution is 6.06. The fourth-order valence-corrected chi connectivity index (χ4v) is 2.60. The van der Waals surface area contributed by atoms with Crippen LogP contribution < -0.4 is 10.6 Å². The van der Waals surface area contributed by atoms with E-state index in [1.54, 1.807) is 38.1 Å². The summed E-state index contributed by atoms with van der Waals surface area (Å²) in [6.07, 6.45) is 1.02. The first-order valence-electron chi connectivity index (χ1n) is 8.05. The minimum Gasteiger partial charge on any atom is -0.324 e. The second-order valence-corrected chi connectivity index (χ2v) is 6.56. The Bertz CT molecular complexity index is 892. The van der Waals surface area contributed by atoms with Crippen molar-refractivity contribution in [1.82, 2.24) is 20.0 Å². The molecule has 2 heterocycles. The number of carbonyl (C=O) groups excluding carboxylic acids is 3. The molecular formula is C17H17F2N5O3. The monoisotopic (exact) mass is 377 g/mol. The van der Waals surface area contributed by atoms with Crippen LogP contribution >= 0.6 is 0 Å². The second-order valence-electron chi connectivity index (χ2n) is 6.56. The zero-order chi connectivity index (χ0) is 19.8. The van der Waals surface area contributed by atoms with Gasteiger partial charge in [0.15, 0.2) is 5.69 Å². The average molecular weight is 377 g/mol. The molecule has 1 aliphatic rings. The Morgan fingerprint density at radius 1 is 1.22 bits per heavy atom. The molecule has 2 N–H and O–H groups in total. The van der Waals surface area contributed by atoms with Crippen molar-refractivity contribution in [2.24, 2.45) is 0 Å². The number of urea groups is 1. The SMILES string of the molecule is CC1(C)NC(=O)N(Cc2ccc(NC(=O)c3ccn(C(F)F)n3)cc2)C1=O. The maximum Gasteiger partial charge on any atom is 0.333 e. The molecule has 0 unspecified atom stereocenters. The van der Waals surface area contributed by atoms with Gasteiger partial charge in [-0.2, -0.15) is 13.9 Å². The maximum absolute atomic E-state index is 12.5. The zero-order valence-electron chi connectivity index (χ0n) is 14.6. The van der Waals surface area contributed by atoms with Crippen LogP contribution in [-0.2, 0) is 11.3 Å². The molecule has 142 valence electrons. The lowest BCUT2D eigenvalue weighted by molar-refractivity contribution is -0.130. The van der Waals surface area contributed by atoms with Gasteiger partial charge in [-0.15, -0.1) is 0 Å². The minimum absolute atomic E-state index is 0.0983. The molecule has 0 atom stereocenters. The number of benzene rings is 1. The number of imide groups is 1. The van der Waals surface area contributed by atoms with Gasteiger partial charge in [0.1, 0.15) is 5.54 Å². The zero-order valence-corrected chi connectivity index (χ0v) is 14.6. The first kappa shape index (κ1) is 18.5. The molecule has 1 aromatic carbocycles. The summed E-state index contributed by atoms with van der Waals surface area (Å²) >= 11 is 0. The lowest BCUT2D eigenvalue weighted by Gasteiger charge is -2.16. The number of rotatable bonds is 5. The number of hydrogen-bond acceptors (Lipinski definition) is 4. The molecule has 0 bridgehead atoms. The summed E-state index contributed by atoms with van der Waals surface area (Å²) in [7, 11) is 0. The van der Waals surface area contributed by atoms with Crippen molar-refractivity contribution < 1.29 is 23.2 Å². The molecule has 27 heavy (non-hydrogen) atoms. The van der Waals surface area contributed by atoms with Crippen LogP contribution in [0, 0.1) is 0 Å². The first-order valence-corrected chi connectivity index (χ1v) is 8.05. The molecule has 4 amide bonds. The van der Waals surface area contributed by atoms with Crippen molar-refractivity contribution in [1.29, 1.82) is 0 Å². The molecule has 8 nitrogen and oxygen atoms in total. The molecule has 0 saturated carbocycles. The van der Waals surface area contributed by atoms with Crippen molar-refractivity contribution in [2.45, 2.75) is 32.5 Å². The van der Waals surface area contributed by atoms with Crippen LogP contribution in [0.1, 0.15) is 36.4 Å². The molecule has 0 radical (unpaired) electrons. The largest absolute Gasteiger partial charge is 0.333 e. The van der Waals surface area contributed by atoms with E-state index in [1.807, 2.05) is 0 Å². The molecule has 1 saturated heterocycles. The predicted octanol–water partition coefficient (Wildman–Crippen LogP) is 2.36. The fraction of sp³-hybridized carbons (Fsp3) is 0.294. The summed E-state index contributed by atoms with van der Waals surface area (Å²) in [5.74, 6) is -0.947. The Hall–Kier alpha value is -3.30. The van der Waals surface area contributed by atoms with E-state index in [1.165, 1.54) is 6.07 Å². The number of carbonyl (C=O) groups is 3. The lowest BCUT2D eigenvalue weighted by atomic mass is 10.1. The summed E-state index contributed by atoms with van der Waals surface area (Å²) in [6.45, 7) is 0.533. The summed E-state index contributed by atoms with van der Waals surface area (Å²) in [4.78, 5) is 37.2. The normalized spacial score (nSPS) is 16.0. The van der Waals surface area contributed by atoms with E-state index in [0.29, 0.717) is 15.9 Å². The molecule has 1 fully saturated rings. The Balaban J connectivity index is 1.64. The van der Waals surface area contributed by atoms with Crippen LogP contribution in [0.25, 0.3) is 0 Å². The highest BCUT2D eigenvalue weighted by Crippen LogP contribution is 2.20. The highest BCUT2D eigenvalue weighted by atomic mass is 19.3. The number of hydrogen-bond donors (Lipinski definition) is 2. The molecule has 0 spiro atoms. The van der Waals surface area contributed by atoms with Gasteiger partial charge in [-0.3, -0.25) is 14.5 Å². The summed E-state index contributed by atoms with van der Waals surface area (Å²) in [6, 6.07) is 7.20. The number of anilines is 1. The van der Waals surface area contributed by atoms with Crippen molar-refractivity contribution in [2.75, 3.05) is 5.32 Å². The number of aromatic nitrogens is 2. The Kier molecular flexibility index (Phi) is 4.64. The van der Waals surface area contributed by atoms with E-state index in [-0.39, 0.29) is 18.1 Å². The number of nitrogens with one attached hydrogen (secondary N) is 2.